The second kappa shape index (κ2) is 8.60. The molecule has 135 valence electrons. The van der Waals surface area contributed by atoms with E-state index in [1.807, 2.05) is 70.4 Å². The van der Waals surface area contributed by atoms with E-state index in [1.165, 1.54) is 12.1 Å². The van der Waals surface area contributed by atoms with Crippen LogP contribution in [0.15, 0.2) is 54.6 Å². The maximum absolute atomic E-state index is 14.4. The molecule has 1 radical (unpaired) electrons. The fourth-order valence-electron chi connectivity index (χ4n) is 2.76. The van der Waals surface area contributed by atoms with Crippen LogP contribution >= 0.6 is 0 Å². The van der Waals surface area contributed by atoms with Crippen LogP contribution in [0.1, 0.15) is 33.4 Å². The van der Waals surface area contributed by atoms with E-state index in [-0.39, 0.29) is 11.1 Å². The fourth-order valence-corrected chi connectivity index (χ4v) is 2.76. The molecule has 3 aromatic carbocycles. The first-order chi connectivity index (χ1) is 13.5. The highest BCUT2D eigenvalue weighted by Crippen LogP contribution is 2.15. The quantitative estimate of drug-likeness (QED) is 0.430. The summed E-state index contributed by atoms with van der Waals surface area (Å²) in [4.78, 5) is 0. The molecule has 0 saturated carbocycles. The standard InChI is InChI=1S/C25H18BF2/c1-17-4-6-19(7-5-17)8-9-21-15-24(27)22(25(28)16-21)12-10-20-11-13-23(26-3)18(2)14-20/h4-7,11,13-16H,1-3H3. The van der Waals surface area contributed by atoms with Gasteiger partial charge in [-0.25, -0.2) is 8.78 Å². The van der Waals surface area contributed by atoms with Gasteiger partial charge in [0.25, 0.3) is 0 Å². The molecule has 0 aliphatic rings. The SMILES string of the molecule is C[B]c1ccc(C#Cc2c(F)cc(C#Cc3ccc(C)cc3)cc2F)cc1C. The van der Waals surface area contributed by atoms with Crippen LogP contribution in [0.25, 0.3) is 0 Å². The van der Waals surface area contributed by atoms with Gasteiger partial charge in [-0.05, 0) is 50.2 Å². The summed E-state index contributed by atoms with van der Waals surface area (Å²) in [6, 6.07) is 15.7. The zero-order valence-electron chi connectivity index (χ0n) is 16.0. The van der Waals surface area contributed by atoms with Crippen LogP contribution in [0.3, 0.4) is 0 Å². The summed E-state index contributed by atoms with van der Waals surface area (Å²) >= 11 is 0. The summed E-state index contributed by atoms with van der Waals surface area (Å²) in [6.07, 6.45) is 0. The Bertz CT molecular complexity index is 1110. The molecule has 0 unspecified atom stereocenters. The van der Waals surface area contributed by atoms with Crippen molar-refractivity contribution in [1.82, 2.24) is 0 Å². The van der Waals surface area contributed by atoms with E-state index in [1.54, 1.807) is 0 Å². The number of aryl methyl sites for hydroxylation is 2. The summed E-state index contributed by atoms with van der Waals surface area (Å²) in [5.41, 5.74) is 4.84. The highest BCUT2D eigenvalue weighted by atomic mass is 19.1. The first kappa shape index (κ1) is 19.5. The number of halogens is 2. The molecule has 0 saturated heterocycles. The minimum atomic E-state index is -0.712. The van der Waals surface area contributed by atoms with Crippen LogP contribution < -0.4 is 5.46 Å². The summed E-state index contributed by atoms with van der Waals surface area (Å²) in [7, 11) is 2.00. The number of hydrogen-bond acceptors (Lipinski definition) is 0. The van der Waals surface area contributed by atoms with Crippen molar-refractivity contribution in [1.29, 1.82) is 0 Å². The summed E-state index contributed by atoms with van der Waals surface area (Å²) in [5.74, 6) is 9.74. The normalized spacial score (nSPS) is 9.75. The predicted molar refractivity (Wildman–Crippen MR) is 112 cm³/mol. The summed E-state index contributed by atoms with van der Waals surface area (Å²) in [5, 5.41) is 0. The zero-order valence-corrected chi connectivity index (χ0v) is 16.0. The van der Waals surface area contributed by atoms with Crippen LogP contribution in [0.2, 0.25) is 6.82 Å². The summed E-state index contributed by atoms with van der Waals surface area (Å²) < 4.78 is 28.8. The number of rotatable bonds is 1. The molecule has 0 heterocycles. The van der Waals surface area contributed by atoms with Crippen LogP contribution in [-0.2, 0) is 0 Å². The summed E-state index contributed by atoms with van der Waals surface area (Å²) in [6.45, 7) is 5.92. The predicted octanol–water partition coefficient (Wildman–Crippen LogP) is 4.76. The fraction of sp³-hybridized carbons (Fsp3) is 0.120. The van der Waals surface area contributed by atoms with Gasteiger partial charge in [-0.3, -0.25) is 0 Å². The van der Waals surface area contributed by atoms with Crippen LogP contribution in [0.5, 0.6) is 0 Å². The van der Waals surface area contributed by atoms with Crippen molar-refractivity contribution >= 4 is 12.7 Å². The van der Waals surface area contributed by atoms with Crippen molar-refractivity contribution in [3.05, 3.63) is 99.6 Å². The smallest absolute Gasteiger partial charge is 0.148 e. The Balaban J connectivity index is 1.87. The number of benzene rings is 3. The van der Waals surface area contributed by atoms with Crippen molar-refractivity contribution in [2.45, 2.75) is 20.7 Å². The molecule has 3 heteroatoms. The molecule has 0 bridgehead atoms. The average molecular weight is 367 g/mol. The third-order valence-electron chi connectivity index (χ3n) is 4.36. The Hall–Kier alpha value is -3.30. The highest BCUT2D eigenvalue weighted by Gasteiger charge is 2.08. The van der Waals surface area contributed by atoms with Crippen molar-refractivity contribution in [2.75, 3.05) is 0 Å². The largest absolute Gasteiger partial charge is 0.205 e. The molecule has 0 amide bonds. The van der Waals surface area contributed by atoms with Crippen LogP contribution in [0.4, 0.5) is 8.78 Å². The van der Waals surface area contributed by atoms with Gasteiger partial charge in [-0.2, -0.15) is 0 Å². The van der Waals surface area contributed by atoms with Crippen LogP contribution in [0, 0.1) is 49.2 Å². The lowest BCUT2D eigenvalue weighted by Crippen LogP contribution is -2.13. The van der Waals surface area contributed by atoms with E-state index in [2.05, 4.69) is 23.7 Å². The topological polar surface area (TPSA) is 0 Å². The van der Waals surface area contributed by atoms with Crippen molar-refractivity contribution in [2.24, 2.45) is 0 Å². The molecule has 0 spiro atoms. The molecular weight excluding hydrogens is 349 g/mol. The molecule has 0 aliphatic carbocycles. The van der Waals surface area contributed by atoms with E-state index in [9.17, 15) is 8.78 Å². The zero-order chi connectivity index (χ0) is 20.1. The van der Waals surface area contributed by atoms with Gasteiger partial charge >= 0.3 is 0 Å². The van der Waals surface area contributed by atoms with Crippen molar-refractivity contribution in [3.63, 3.8) is 0 Å². The van der Waals surface area contributed by atoms with E-state index in [4.69, 9.17) is 0 Å². The Morgan fingerprint density at radius 3 is 1.86 bits per heavy atom. The minimum absolute atomic E-state index is 0.246. The maximum Gasteiger partial charge on any atom is 0.148 e. The molecule has 0 nitrogen and oxygen atoms in total. The molecule has 0 aromatic heterocycles. The second-order valence-corrected chi connectivity index (χ2v) is 6.54. The highest BCUT2D eigenvalue weighted by molar-refractivity contribution is 6.52. The number of hydrogen-bond donors (Lipinski definition) is 0. The Morgan fingerprint density at radius 1 is 0.679 bits per heavy atom. The van der Waals surface area contributed by atoms with Gasteiger partial charge in [0.2, 0.25) is 0 Å². The van der Waals surface area contributed by atoms with E-state index < -0.39 is 11.6 Å². The molecular formula is C25H18BF2. The van der Waals surface area contributed by atoms with Gasteiger partial charge in [-0.15, -0.1) is 0 Å². The van der Waals surface area contributed by atoms with E-state index >= 15 is 0 Å². The second-order valence-electron chi connectivity index (χ2n) is 6.54. The van der Waals surface area contributed by atoms with Gasteiger partial charge in [0.05, 0.1) is 5.56 Å². The Labute approximate surface area is 165 Å². The lowest BCUT2D eigenvalue weighted by molar-refractivity contribution is 0.577. The van der Waals surface area contributed by atoms with Crippen molar-refractivity contribution in [3.8, 4) is 23.7 Å². The molecule has 3 rings (SSSR count). The molecule has 0 N–H and O–H groups in total. The Kier molecular flexibility index (Phi) is 5.98. The lowest BCUT2D eigenvalue weighted by Gasteiger charge is -2.02. The maximum atomic E-state index is 14.4. The monoisotopic (exact) mass is 367 g/mol. The van der Waals surface area contributed by atoms with E-state index in [0.29, 0.717) is 5.56 Å². The van der Waals surface area contributed by atoms with Gasteiger partial charge in [0.1, 0.15) is 18.9 Å². The molecule has 3 aromatic rings. The third kappa shape index (κ3) is 4.70. The van der Waals surface area contributed by atoms with Gasteiger partial charge in [0, 0.05) is 16.7 Å². The molecule has 0 fully saturated rings. The van der Waals surface area contributed by atoms with Gasteiger partial charge < -0.3 is 0 Å². The van der Waals surface area contributed by atoms with Gasteiger partial charge in [-0.1, -0.05) is 65.3 Å². The lowest BCUT2D eigenvalue weighted by atomic mass is 9.71. The third-order valence-corrected chi connectivity index (χ3v) is 4.36. The first-order valence-electron chi connectivity index (χ1n) is 8.96. The molecule has 0 atom stereocenters. The van der Waals surface area contributed by atoms with Crippen molar-refractivity contribution < 1.29 is 8.78 Å². The van der Waals surface area contributed by atoms with Crippen LogP contribution in [-0.4, -0.2) is 7.28 Å². The molecule has 28 heavy (non-hydrogen) atoms. The average Bonchev–Trinajstić information content (AvgIpc) is 2.67. The minimum Gasteiger partial charge on any atom is -0.205 e. The Morgan fingerprint density at radius 2 is 1.25 bits per heavy atom. The van der Waals surface area contributed by atoms with Gasteiger partial charge in [0.15, 0.2) is 0 Å². The molecule has 0 aliphatic heterocycles. The first-order valence-corrected chi connectivity index (χ1v) is 8.96. The van der Waals surface area contributed by atoms with E-state index in [0.717, 1.165) is 22.2 Å².